The fraction of sp³-hybridized carbons (Fsp3) is 0.375. The molecule has 0 amide bonds. The number of aromatic nitrogens is 2. The zero-order valence-electron chi connectivity index (χ0n) is 36.3. The Morgan fingerprint density at radius 1 is 0.448 bits per heavy atom. The van der Waals surface area contributed by atoms with E-state index in [9.17, 15) is 0 Å². The Morgan fingerprint density at radius 3 is 1.03 bits per heavy atom. The molecule has 10 heteroatoms. The molecular weight excluding hydrogens is 730 g/mol. The predicted molar refractivity (Wildman–Crippen MR) is 234 cm³/mol. The molecule has 302 valence electrons. The van der Waals surface area contributed by atoms with Crippen LogP contribution in [0.3, 0.4) is 0 Å². The van der Waals surface area contributed by atoms with E-state index in [1.54, 1.807) is 13.8 Å². The van der Waals surface area contributed by atoms with Crippen molar-refractivity contribution < 1.29 is 26.2 Å². The van der Waals surface area contributed by atoms with Crippen molar-refractivity contribution in [2.45, 2.75) is 122 Å². The number of hydrogen-bond acceptors (Lipinski definition) is 0. The predicted octanol–water partition coefficient (Wildman–Crippen LogP) is 11.9. The van der Waals surface area contributed by atoms with Gasteiger partial charge in [-0.25, -0.2) is 0 Å². The summed E-state index contributed by atoms with van der Waals surface area (Å²) < 4.78 is 78.7. The second-order valence-corrected chi connectivity index (χ2v) is 16.6. The van der Waals surface area contributed by atoms with Crippen LogP contribution in [-0.4, -0.2) is 43.3 Å². The lowest BCUT2D eigenvalue weighted by Gasteiger charge is -2.35. The zero-order chi connectivity index (χ0) is 41.9. The van der Waals surface area contributed by atoms with E-state index in [1.165, 1.54) is 17.9 Å². The normalized spacial score (nSPS) is 18.3. The standard InChI is InChI=1S/C48H56B2F4N4/c1-13-35-29(9)43-41(33-23-19-27(7)20-24-33)45-39(17-5)37(15-3)31(11)55(45)49(51,52)57(43)47(35)48-36(14-2)30(10)44-42(34-25-21-28(8)22-26-34)46-40(18-6)38(16-4)32(12)56(46)50(53,54)58(44)48/h19-26H,13-18H2,1-12H3. The highest BCUT2D eigenvalue weighted by molar-refractivity contribution is 6.65. The monoisotopic (exact) mass is 786 g/mol. The largest absolute Gasteiger partial charge is 0.737 e. The average molecular weight is 787 g/mol. The van der Waals surface area contributed by atoms with Crippen molar-refractivity contribution in [2.24, 2.45) is 0 Å². The topological polar surface area (TPSA) is 15.9 Å². The molecule has 4 nitrogen and oxygen atoms in total. The second-order valence-electron chi connectivity index (χ2n) is 16.6. The van der Waals surface area contributed by atoms with Crippen molar-refractivity contribution in [2.75, 3.05) is 0 Å². The molecule has 2 aromatic carbocycles. The van der Waals surface area contributed by atoms with Crippen molar-refractivity contribution in [1.29, 1.82) is 0 Å². The number of fused-ring (bicyclic) bond motifs is 4. The first-order valence-electron chi connectivity index (χ1n) is 21.5. The van der Waals surface area contributed by atoms with Crippen LogP contribution in [0, 0.1) is 27.7 Å². The van der Waals surface area contributed by atoms with Crippen LogP contribution in [0.5, 0.6) is 0 Å². The van der Waals surface area contributed by atoms with Gasteiger partial charge in [-0.05, 0) is 125 Å². The Morgan fingerprint density at radius 2 is 0.759 bits per heavy atom. The highest BCUT2D eigenvalue weighted by Crippen LogP contribution is 2.51. The van der Waals surface area contributed by atoms with Crippen LogP contribution >= 0.6 is 0 Å². The second kappa shape index (κ2) is 13.9. The summed E-state index contributed by atoms with van der Waals surface area (Å²) in [4.78, 5) is 0. The van der Waals surface area contributed by atoms with E-state index in [-0.39, 0.29) is 11.4 Å². The molecule has 58 heavy (non-hydrogen) atoms. The fourth-order valence-corrected chi connectivity index (χ4v) is 11.2. The molecule has 0 saturated heterocycles. The molecule has 4 aliphatic rings. The lowest BCUT2D eigenvalue weighted by molar-refractivity contribution is -0.377. The van der Waals surface area contributed by atoms with E-state index in [0.29, 0.717) is 95.0 Å². The summed E-state index contributed by atoms with van der Waals surface area (Å²) in [6.07, 6.45) is 3.20. The van der Waals surface area contributed by atoms with Gasteiger partial charge in [0.15, 0.2) is 11.4 Å². The van der Waals surface area contributed by atoms with Crippen LogP contribution in [0.4, 0.5) is 17.3 Å². The van der Waals surface area contributed by atoms with Crippen molar-refractivity contribution in [3.8, 4) is 0 Å². The minimum absolute atomic E-state index is 0.204. The van der Waals surface area contributed by atoms with Crippen LogP contribution in [0.2, 0.25) is 0 Å². The molecule has 0 aliphatic carbocycles. The van der Waals surface area contributed by atoms with Gasteiger partial charge in [0.05, 0.1) is 11.1 Å². The van der Waals surface area contributed by atoms with E-state index < -0.39 is 13.9 Å². The number of aryl methyl sites for hydroxylation is 2. The zero-order valence-corrected chi connectivity index (χ0v) is 36.3. The third kappa shape index (κ3) is 5.08. The maximum absolute atomic E-state index is 18.4. The summed E-state index contributed by atoms with van der Waals surface area (Å²) in [6.45, 7) is 14.4. The van der Waals surface area contributed by atoms with Crippen molar-refractivity contribution in [1.82, 2.24) is 8.96 Å². The molecule has 0 unspecified atom stereocenters. The van der Waals surface area contributed by atoms with Gasteiger partial charge in [-0.15, -0.1) is 0 Å². The minimum Gasteiger partial charge on any atom is -0.393 e. The van der Waals surface area contributed by atoms with Gasteiger partial charge < -0.3 is 35.2 Å². The van der Waals surface area contributed by atoms with Gasteiger partial charge in [0, 0.05) is 33.7 Å². The number of allylic oxidation sites excluding steroid dienone is 4. The smallest absolute Gasteiger partial charge is 0.393 e. The molecule has 0 fully saturated rings. The first-order chi connectivity index (χ1) is 27.6. The molecule has 8 rings (SSSR count). The molecule has 0 atom stereocenters. The summed E-state index contributed by atoms with van der Waals surface area (Å²) in [7, 11) is 0. The Bertz CT molecular complexity index is 2470. The molecule has 0 radical (unpaired) electrons. The van der Waals surface area contributed by atoms with Crippen LogP contribution < -0.4 is 0 Å². The summed E-state index contributed by atoms with van der Waals surface area (Å²) in [5.41, 5.74) is 15.2. The third-order valence-electron chi connectivity index (χ3n) is 13.7. The molecule has 0 spiro atoms. The van der Waals surface area contributed by atoms with E-state index >= 15 is 17.3 Å². The summed E-state index contributed by atoms with van der Waals surface area (Å²) in [6, 6.07) is 16.2. The van der Waals surface area contributed by atoms with Gasteiger partial charge in [0.1, 0.15) is 0 Å². The van der Waals surface area contributed by atoms with Crippen molar-refractivity contribution >= 4 is 36.5 Å². The van der Waals surface area contributed by atoms with E-state index in [4.69, 9.17) is 0 Å². The van der Waals surface area contributed by atoms with Crippen molar-refractivity contribution in [3.63, 3.8) is 0 Å². The maximum atomic E-state index is 18.4. The SMILES string of the molecule is CCC1=C(C)C2=C(c3ccc(C)cc3)c3c(CC)c(CC)c(C)n3[B-](F)(F)[N+]2=C1C1=[N+]2C(=C(c3ccc(C)cc3)c3c(CC)c(CC)c(C)n3[B-]2(F)F)C(C)=C1CC. The van der Waals surface area contributed by atoms with Gasteiger partial charge >= 0.3 is 13.9 Å². The molecule has 6 heterocycles. The Labute approximate surface area is 341 Å². The molecule has 4 aliphatic heterocycles. The van der Waals surface area contributed by atoms with E-state index in [1.807, 2.05) is 118 Å². The molecule has 2 aromatic heterocycles. The van der Waals surface area contributed by atoms with E-state index in [0.717, 1.165) is 55.7 Å². The average Bonchev–Trinajstić information content (AvgIpc) is 3.87. The fourth-order valence-electron chi connectivity index (χ4n) is 11.2. The van der Waals surface area contributed by atoms with Crippen molar-refractivity contribution in [3.05, 3.63) is 150 Å². The lowest BCUT2D eigenvalue weighted by atomic mass is 9.82. The number of rotatable bonds is 9. The van der Waals surface area contributed by atoms with Gasteiger partial charge in [-0.2, -0.15) is 0 Å². The number of halogens is 4. The van der Waals surface area contributed by atoms with Gasteiger partial charge in [-0.1, -0.05) is 101 Å². The molecule has 4 aromatic rings. The number of hydrogen-bond donors (Lipinski definition) is 0. The van der Waals surface area contributed by atoms with Gasteiger partial charge in [0.25, 0.3) is 0 Å². The highest BCUT2D eigenvalue weighted by atomic mass is 19.3. The van der Waals surface area contributed by atoms with Crippen LogP contribution in [0.25, 0.3) is 11.1 Å². The minimum atomic E-state index is -4.56. The molecule has 0 saturated carbocycles. The lowest BCUT2D eigenvalue weighted by Crippen LogP contribution is -2.56. The van der Waals surface area contributed by atoms with Crippen LogP contribution in [0.15, 0.2) is 82.2 Å². The maximum Gasteiger partial charge on any atom is 0.737 e. The Hall–Kier alpha value is -4.85. The van der Waals surface area contributed by atoms with Gasteiger partial charge in [-0.3, -0.25) is 0 Å². The Kier molecular flexibility index (Phi) is 9.56. The number of benzene rings is 2. The quantitative estimate of drug-likeness (QED) is 0.119. The highest BCUT2D eigenvalue weighted by Gasteiger charge is 2.63. The summed E-state index contributed by atoms with van der Waals surface area (Å²) in [5.74, 6) is 0. The molecule has 0 N–H and O–H groups in total. The molecular formula is C48H56B2F4N4. The number of nitrogens with zero attached hydrogens (tertiary/aromatic N) is 4. The van der Waals surface area contributed by atoms with Crippen LogP contribution in [-0.2, 0) is 25.7 Å². The van der Waals surface area contributed by atoms with Crippen LogP contribution in [0.1, 0.15) is 136 Å². The summed E-state index contributed by atoms with van der Waals surface area (Å²) in [5, 5.41) is 0. The summed E-state index contributed by atoms with van der Waals surface area (Å²) >= 11 is 0. The van der Waals surface area contributed by atoms with Gasteiger partial charge in [0.2, 0.25) is 11.4 Å². The Balaban J connectivity index is 1.62. The molecule has 0 bridgehead atoms. The van der Waals surface area contributed by atoms with E-state index in [2.05, 4.69) is 0 Å². The first-order valence-corrected chi connectivity index (χ1v) is 21.5. The third-order valence-corrected chi connectivity index (χ3v) is 13.7. The first kappa shape index (κ1) is 40.0.